The van der Waals surface area contributed by atoms with E-state index in [2.05, 4.69) is 25.7 Å². The maximum Gasteiger partial charge on any atom is 0.254 e. The zero-order valence-corrected chi connectivity index (χ0v) is 13.6. The van der Waals surface area contributed by atoms with E-state index in [1.807, 2.05) is 6.07 Å². The number of hydrogen-bond acceptors (Lipinski definition) is 5. The van der Waals surface area contributed by atoms with Crippen LogP contribution in [0.2, 0.25) is 0 Å². The fourth-order valence-corrected chi connectivity index (χ4v) is 2.27. The Kier molecular flexibility index (Phi) is 4.98. The number of benzene rings is 1. The zero-order valence-electron chi connectivity index (χ0n) is 13.6. The zero-order chi connectivity index (χ0) is 17.6. The first kappa shape index (κ1) is 16.6. The van der Waals surface area contributed by atoms with Gasteiger partial charge in [-0.25, -0.2) is 19.0 Å². The van der Waals surface area contributed by atoms with Crippen molar-refractivity contribution >= 4 is 11.7 Å². The number of amides is 1. The van der Waals surface area contributed by atoms with Gasteiger partial charge in [0, 0.05) is 31.5 Å². The minimum Gasteiger partial charge on any atom is -0.368 e. The maximum atomic E-state index is 13.5. The summed E-state index contributed by atoms with van der Waals surface area (Å²) in [6.45, 7) is 2.56. The molecule has 0 unspecified atom stereocenters. The lowest BCUT2D eigenvalue weighted by Crippen LogP contribution is -2.29. The molecule has 2 aromatic heterocycles. The number of rotatable bonds is 6. The molecule has 0 aliphatic carbocycles. The molecule has 0 fully saturated rings. The Bertz CT molecular complexity index is 865. The van der Waals surface area contributed by atoms with Gasteiger partial charge >= 0.3 is 0 Å². The molecule has 2 N–H and O–H groups in total. The van der Waals surface area contributed by atoms with Crippen LogP contribution < -0.4 is 10.6 Å². The first-order chi connectivity index (χ1) is 12.1. The topological polar surface area (TPSA) is 84.7 Å². The molecule has 0 saturated heterocycles. The van der Waals surface area contributed by atoms with Gasteiger partial charge in [-0.15, -0.1) is 0 Å². The number of anilines is 1. The molecule has 2 heterocycles. The van der Waals surface area contributed by atoms with Gasteiger partial charge in [-0.1, -0.05) is 12.1 Å². The van der Waals surface area contributed by atoms with E-state index in [0.717, 1.165) is 0 Å². The van der Waals surface area contributed by atoms with Crippen LogP contribution in [0.15, 0.2) is 48.8 Å². The lowest BCUT2D eigenvalue weighted by Gasteiger charge is -2.10. The van der Waals surface area contributed by atoms with Crippen molar-refractivity contribution in [2.75, 3.05) is 18.4 Å². The minimum absolute atomic E-state index is 0.0290. The van der Waals surface area contributed by atoms with Gasteiger partial charge in [0.2, 0.25) is 0 Å². The highest BCUT2D eigenvalue weighted by molar-refractivity contribution is 5.94. The van der Waals surface area contributed by atoms with Crippen LogP contribution in [0.25, 0.3) is 5.82 Å². The Labute approximate surface area is 143 Å². The van der Waals surface area contributed by atoms with E-state index in [-0.39, 0.29) is 5.56 Å². The quantitative estimate of drug-likeness (QED) is 0.670. The highest BCUT2D eigenvalue weighted by Gasteiger charge is 2.10. The van der Waals surface area contributed by atoms with Gasteiger partial charge in [0.25, 0.3) is 5.91 Å². The lowest BCUT2D eigenvalue weighted by atomic mass is 10.2. The SMILES string of the molecule is Cc1nc(NCCNC(=O)c2ccccc2F)cc(-n2cccn2)n1. The molecule has 0 saturated carbocycles. The summed E-state index contributed by atoms with van der Waals surface area (Å²) in [5.41, 5.74) is 0.0290. The van der Waals surface area contributed by atoms with Crippen LogP contribution in [0.3, 0.4) is 0 Å². The summed E-state index contributed by atoms with van der Waals surface area (Å²) in [5, 5.41) is 9.91. The van der Waals surface area contributed by atoms with Crippen LogP contribution in [0.1, 0.15) is 16.2 Å². The summed E-state index contributed by atoms with van der Waals surface area (Å²) in [5.74, 6) is 0.888. The molecule has 0 aliphatic heterocycles. The first-order valence-electron chi connectivity index (χ1n) is 7.76. The van der Waals surface area contributed by atoms with E-state index in [1.165, 1.54) is 12.1 Å². The smallest absolute Gasteiger partial charge is 0.254 e. The molecule has 3 rings (SSSR count). The lowest BCUT2D eigenvalue weighted by molar-refractivity contribution is 0.0951. The number of hydrogen-bond donors (Lipinski definition) is 2. The second kappa shape index (κ2) is 7.52. The van der Waals surface area contributed by atoms with E-state index >= 15 is 0 Å². The Hall–Kier alpha value is -3.29. The number of carbonyl (C=O) groups excluding carboxylic acids is 1. The van der Waals surface area contributed by atoms with Gasteiger partial charge in [0.15, 0.2) is 5.82 Å². The highest BCUT2D eigenvalue weighted by Crippen LogP contribution is 2.10. The normalized spacial score (nSPS) is 10.5. The molecule has 0 aliphatic rings. The second-order valence-corrected chi connectivity index (χ2v) is 5.27. The van der Waals surface area contributed by atoms with Crippen LogP contribution in [-0.4, -0.2) is 38.7 Å². The molecular formula is C17H17FN6O. The van der Waals surface area contributed by atoms with Crippen molar-refractivity contribution in [2.24, 2.45) is 0 Å². The first-order valence-corrected chi connectivity index (χ1v) is 7.76. The highest BCUT2D eigenvalue weighted by atomic mass is 19.1. The number of nitrogens with one attached hydrogen (secondary N) is 2. The van der Waals surface area contributed by atoms with Gasteiger partial charge in [-0.2, -0.15) is 5.10 Å². The Morgan fingerprint density at radius 2 is 2.04 bits per heavy atom. The Balaban J connectivity index is 1.56. The van der Waals surface area contributed by atoms with E-state index < -0.39 is 11.7 Å². The van der Waals surface area contributed by atoms with Crippen molar-refractivity contribution in [3.05, 3.63) is 66.0 Å². The van der Waals surface area contributed by atoms with E-state index in [1.54, 1.807) is 42.2 Å². The monoisotopic (exact) mass is 340 g/mol. The van der Waals surface area contributed by atoms with Crippen molar-refractivity contribution in [1.29, 1.82) is 0 Å². The summed E-state index contributed by atoms with van der Waals surface area (Å²) in [6.07, 6.45) is 3.46. The molecule has 0 spiro atoms. The summed E-state index contributed by atoms with van der Waals surface area (Å²) >= 11 is 0. The molecule has 3 aromatic rings. The fourth-order valence-electron chi connectivity index (χ4n) is 2.27. The van der Waals surface area contributed by atoms with E-state index in [4.69, 9.17) is 0 Å². The third-order valence-electron chi connectivity index (χ3n) is 3.40. The van der Waals surface area contributed by atoms with Crippen molar-refractivity contribution in [1.82, 2.24) is 25.1 Å². The van der Waals surface area contributed by atoms with Crippen molar-refractivity contribution in [3.63, 3.8) is 0 Å². The van der Waals surface area contributed by atoms with E-state index in [0.29, 0.717) is 30.5 Å². The average Bonchev–Trinajstić information content (AvgIpc) is 3.13. The van der Waals surface area contributed by atoms with Gasteiger partial charge < -0.3 is 10.6 Å². The van der Waals surface area contributed by atoms with Crippen LogP contribution in [0.4, 0.5) is 10.2 Å². The van der Waals surface area contributed by atoms with Gasteiger partial charge in [0.05, 0.1) is 5.56 Å². The molecule has 1 aromatic carbocycles. The summed E-state index contributed by atoms with van der Waals surface area (Å²) in [4.78, 5) is 20.5. The number of carbonyl (C=O) groups is 1. The van der Waals surface area contributed by atoms with Gasteiger partial charge in [-0.3, -0.25) is 4.79 Å². The standard InChI is InChI=1S/C17H17FN6O/c1-12-22-15(11-16(23-12)24-10-4-7-21-24)19-8-9-20-17(25)13-5-2-3-6-14(13)18/h2-7,10-11H,8-9H2,1H3,(H,20,25)(H,19,22,23). The number of aromatic nitrogens is 4. The average molecular weight is 340 g/mol. The predicted octanol–water partition coefficient (Wildman–Crippen LogP) is 1.95. The summed E-state index contributed by atoms with van der Waals surface area (Å²) in [7, 11) is 0. The van der Waals surface area contributed by atoms with Gasteiger partial charge in [-0.05, 0) is 25.1 Å². The van der Waals surface area contributed by atoms with Crippen molar-refractivity contribution in [3.8, 4) is 5.82 Å². The summed E-state index contributed by atoms with van der Waals surface area (Å²) < 4.78 is 15.2. The third-order valence-corrected chi connectivity index (χ3v) is 3.40. The van der Waals surface area contributed by atoms with Crippen molar-refractivity contribution < 1.29 is 9.18 Å². The van der Waals surface area contributed by atoms with Gasteiger partial charge in [0.1, 0.15) is 17.5 Å². The molecule has 0 bridgehead atoms. The molecule has 0 radical (unpaired) electrons. The maximum absolute atomic E-state index is 13.5. The minimum atomic E-state index is -0.539. The number of halogens is 1. The molecule has 128 valence electrons. The Morgan fingerprint density at radius 3 is 2.80 bits per heavy atom. The molecule has 8 heteroatoms. The number of nitrogens with zero attached hydrogens (tertiary/aromatic N) is 4. The van der Waals surface area contributed by atoms with Crippen LogP contribution in [0.5, 0.6) is 0 Å². The van der Waals surface area contributed by atoms with Crippen LogP contribution in [0, 0.1) is 12.7 Å². The van der Waals surface area contributed by atoms with E-state index in [9.17, 15) is 9.18 Å². The largest absolute Gasteiger partial charge is 0.368 e. The fraction of sp³-hybridized carbons (Fsp3) is 0.176. The van der Waals surface area contributed by atoms with Crippen LogP contribution >= 0.6 is 0 Å². The van der Waals surface area contributed by atoms with Crippen molar-refractivity contribution in [2.45, 2.75) is 6.92 Å². The molecule has 25 heavy (non-hydrogen) atoms. The molecular weight excluding hydrogens is 323 g/mol. The molecule has 1 amide bonds. The predicted molar refractivity (Wildman–Crippen MR) is 91.1 cm³/mol. The van der Waals surface area contributed by atoms with Crippen LogP contribution in [-0.2, 0) is 0 Å². The molecule has 0 atom stereocenters. The molecule has 7 nitrogen and oxygen atoms in total. The second-order valence-electron chi connectivity index (χ2n) is 5.27. The number of aryl methyl sites for hydroxylation is 1. The Morgan fingerprint density at radius 1 is 1.20 bits per heavy atom. The third kappa shape index (κ3) is 4.17. The summed E-state index contributed by atoms with van der Waals surface area (Å²) in [6, 6.07) is 9.44.